The Kier molecular flexibility index (Phi) is 5.45. The van der Waals surface area contributed by atoms with Crippen molar-refractivity contribution < 1.29 is 32.6 Å². The van der Waals surface area contributed by atoms with Gasteiger partial charge in [-0.2, -0.15) is 0 Å². The molecule has 20 heavy (non-hydrogen) atoms. The Bertz CT molecular complexity index is 502. The third-order valence-electron chi connectivity index (χ3n) is 2.78. The van der Waals surface area contributed by atoms with Crippen molar-refractivity contribution in [1.82, 2.24) is 10.2 Å². The number of ether oxygens (including phenoxy) is 1. The molecule has 9 nitrogen and oxygen atoms in total. The summed E-state index contributed by atoms with van der Waals surface area (Å²) in [7, 11) is -1.73. The highest BCUT2D eigenvalue weighted by Gasteiger charge is 2.33. The summed E-state index contributed by atoms with van der Waals surface area (Å²) in [5, 5.41) is 10.3. The molecule has 0 saturated carbocycles. The van der Waals surface area contributed by atoms with E-state index < -0.39 is 47.0 Å². The number of hydrogen-bond donors (Lipinski definition) is 2. The fourth-order valence-electron chi connectivity index (χ4n) is 1.72. The van der Waals surface area contributed by atoms with E-state index in [0.29, 0.717) is 6.42 Å². The Morgan fingerprint density at radius 1 is 1.35 bits per heavy atom. The van der Waals surface area contributed by atoms with Gasteiger partial charge in [-0.05, 0) is 6.42 Å². The van der Waals surface area contributed by atoms with Crippen LogP contribution in [0.25, 0.3) is 0 Å². The molecule has 0 aliphatic carbocycles. The molecule has 0 bridgehead atoms. The molecular weight excluding hydrogens is 292 g/mol. The Hall–Kier alpha value is -1.68. The van der Waals surface area contributed by atoms with Crippen molar-refractivity contribution in [1.29, 1.82) is 0 Å². The van der Waals surface area contributed by atoms with Crippen LogP contribution >= 0.6 is 0 Å². The number of hydrogen-bond acceptors (Lipinski definition) is 6. The summed E-state index contributed by atoms with van der Waals surface area (Å²) in [4.78, 5) is 34.3. The highest BCUT2D eigenvalue weighted by Crippen LogP contribution is 2.16. The lowest BCUT2D eigenvalue weighted by Gasteiger charge is -2.23. The number of imide groups is 1. The van der Waals surface area contributed by atoms with E-state index in [1.165, 1.54) is 7.05 Å². The maximum Gasteiger partial charge on any atom is 0.329 e. The summed E-state index contributed by atoms with van der Waals surface area (Å²) in [5.41, 5.74) is 0. The van der Waals surface area contributed by atoms with Crippen LogP contribution in [0.3, 0.4) is 0 Å². The van der Waals surface area contributed by atoms with Crippen molar-refractivity contribution >= 4 is 27.7 Å². The molecule has 3 amide bonds. The van der Waals surface area contributed by atoms with Crippen LogP contribution in [0.2, 0.25) is 0 Å². The Morgan fingerprint density at radius 2 is 2.00 bits per heavy atom. The van der Waals surface area contributed by atoms with Gasteiger partial charge in [0.1, 0.15) is 13.2 Å². The van der Waals surface area contributed by atoms with Gasteiger partial charge in [-0.1, -0.05) is 0 Å². The smallest absolute Gasteiger partial charge is 0.329 e. The first kappa shape index (κ1) is 16.4. The van der Waals surface area contributed by atoms with Gasteiger partial charge in [-0.15, -0.1) is 0 Å². The lowest BCUT2D eigenvalue weighted by molar-refractivity contribution is -0.143. The molecule has 0 aromatic rings. The predicted molar refractivity (Wildman–Crippen MR) is 66.8 cm³/mol. The minimum absolute atomic E-state index is 0.0188. The molecule has 0 aromatic carbocycles. The van der Waals surface area contributed by atoms with Gasteiger partial charge in [0.2, 0.25) is 0 Å². The average molecular weight is 308 g/mol. The fourth-order valence-corrected chi connectivity index (χ4v) is 3.50. The highest BCUT2D eigenvalue weighted by molar-refractivity contribution is 7.91. The molecule has 0 aromatic heterocycles. The van der Waals surface area contributed by atoms with Crippen molar-refractivity contribution in [3.8, 4) is 0 Å². The van der Waals surface area contributed by atoms with Gasteiger partial charge in [0, 0.05) is 13.1 Å². The number of urea groups is 1. The summed E-state index contributed by atoms with van der Waals surface area (Å²) >= 11 is 0. The number of carbonyl (C=O) groups is 3. The number of carboxylic acid groups (broad SMARTS) is 1. The maximum atomic E-state index is 11.7. The average Bonchev–Trinajstić information content (AvgIpc) is 2.68. The van der Waals surface area contributed by atoms with Crippen molar-refractivity contribution in [2.24, 2.45) is 0 Å². The standard InChI is InChI=1S/C10H16N2O7S/c1-12(7-2-3-20(17,18)6-7)10(16)11-8(13)4-19-5-9(14)15/h7H,2-6H2,1H3,(H,14,15)(H,11,13,16). The van der Waals surface area contributed by atoms with Gasteiger partial charge in [0.05, 0.1) is 11.5 Å². The molecule has 1 saturated heterocycles. The molecule has 114 valence electrons. The van der Waals surface area contributed by atoms with Crippen LogP contribution in [0.4, 0.5) is 4.79 Å². The van der Waals surface area contributed by atoms with Gasteiger partial charge < -0.3 is 14.7 Å². The highest BCUT2D eigenvalue weighted by atomic mass is 32.2. The van der Waals surface area contributed by atoms with Crippen molar-refractivity contribution in [3.63, 3.8) is 0 Å². The third kappa shape index (κ3) is 5.13. The molecule has 0 spiro atoms. The Balaban J connectivity index is 2.38. The van der Waals surface area contributed by atoms with E-state index in [1.54, 1.807) is 0 Å². The van der Waals surface area contributed by atoms with Crippen LogP contribution < -0.4 is 5.32 Å². The van der Waals surface area contributed by atoms with Crippen LogP contribution in [-0.4, -0.2) is 74.1 Å². The molecule has 0 radical (unpaired) electrons. The largest absolute Gasteiger partial charge is 0.480 e. The summed E-state index contributed by atoms with van der Waals surface area (Å²) in [6.45, 7) is -1.20. The van der Waals surface area contributed by atoms with E-state index in [2.05, 4.69) is 4.74 Å². The van der Waals surface area contributed by atoms with Gasteiger partial charge in [0.15, 0.2) is 9.84 Å². The number of sulfone groups is 1. The maximum absolute atomic E-state index is 11.7. The quantitative estimate of drug-likeness (QED) is 0.628. The summed E-state index contributed by atoms with van der Waals surface area (Å²) in [6.07, 6.45) is 0.329. The normalized spacial score (nSPS) is 20.4. The summed E-state index contributed by atoms with van der Waals surface area (Å²) in [5.74, 6) is -2.12. The molecular formula is C10H16N2O7S. The number of carbonyl (C=O) groups excluding carboxylic acids is 2. The van der Waals surface area contributed by atoms with Gasteiger partial charge >= 0.3 is 12.0 Å². The number of nitrogens with one attached hydrogen (secondary N) is 1. The Morgan fingerprint density at radius 3 is 2.50 bits per heavy atom. The van der Waals surface area contributed by atoms with Crippen LogP contribution in [0, 0.1) is 0 Å². The van der Waals surface area contributed by atoms with E-state index in [9.17, 15) is 22.8 Å². The molecule has 1 rings (SSSR count). The monoisotopic (exact) mass is 308 g/mol. The zero-order valence-corrected chi connectivity index (χ0v) is 11.7. The molecule has 10 heteroatoms. The number of rotatable bonds is 5. The van der Waals surface area contributed by atoms with E-state index in [0.717, 1.165) is 4.90 Å². The predicted octanol–water partition coefficient (Wildman–Crippen LogP) is -1.56. The van der Waals surface area contributed by atoms with Crippen molar-refractivity contribution in [2.45, 2.75) is 12.5 Å². The van der Waals surface area contributed by atoms with Crippen molar-refractivity contribution in [3.05, 3.63) is 0 Å². The van der Waals surface area contributed by atoms with Crippen LogP contribution in [0.1, 0.15) is 6.42 Å². The fraction of sp³-hybridized carbons (Fsp3) is 0.700. The van der Waals surface area contributed by atoms with Crippen molar-refractivity contribution in [2.75, 3.05) is 31.8 Å². The minimum Gasteiger partial charge on any atom is -0.480 e. The number of amides is 3. The SMILES string of the molecule is CN(C(=O)NC(=O)COCC(=O)O)C1CCS(=O)(=O)C1. The van der Waals surface area contributed by atoms with E-state index >= 15 is 0 Å². The summed E-state index contributed by atoms with van der Waals surface area (Å²) in [6, 6.07) is -1.20. The zero-order chi connectivity index (χ0) is 15.3. The lowest BCUT2D eigenvalue weighted by Crippen LogP contribution is -2.47. The molecule has 1 heterocycles. The van der Waals surface area contributed by atoms with E-state index in [4.69, 9.17) is 5.11 Å². The first-order valence-electron chi connectivity index (χ1n) is 5.78. The molecule has 1 aliphatic heterocycles. The lowest BCUT2D eigenvalue weighted by atomic mass is 10.2. The van der Waals surface area contributed by atoms with Crippen LogP contribution in [0.15, 0.2) is 0 Å². The van der Waals surface area contributed by atoms with Gasteiger partial charge in [0.25, 0.3) is 5.91 Å². The second kappa shape index (κ2) is 6.66. The molecule has 1 aliphatic rings. The number of nitrogens with zero attached hydrogens (tertiary/aromatic N) is 1. The number of carboxylic acids is 1. The second-order valence-electron chi connectivity index (χ2n) is 4.41. The molecule has 2 N–H and O–H groups in total. The van der Waals surface area contributed by atoms with E-state index in [1.807, 2.05) is 5.32 Å². The van der Waals surface area contributed by atoms with Crippen LogP contribution in [0.5, 0.6) is 0 Å². The van der Waals surface area contributed by atoms with Crippen LogP contribution in [-0.2, 0) is 24.2 Å². The first-order valence-corrected chi connectivity index (χ1v) is 7.60. The molecule has 1 unspecified atom stereocenters. The topological polar surface area (TPSA) is 130 Å². The zero-order valence-electron chi connectivity index (χ0n) is 10.9. The summed E-state index contributed by atoms with van der Waals surface area (Å²) < 4.78 is 27.1. The molecule has 1 atom stereocenters. The van der Waals surface area contributed by atoms with Gasteiger partial charge in [-0.25, -0.2) is 18.0 Å². The Labute approximate surface area is 115 Å². The number of aliphatic carboxylic acids is 1. The molecule has 1 fully saturated rings. The van der Waals surface area contributed by atoms with E-state index in [-0.39, 0.29) is 11.5 Å². The minimum atomic E-state index is -3.12. The van der Waals surface area contributed by atoms with Gasteiger partial charge in [-0.3, -0.25) is 10.1 Å². The second-order valence-corrected chi connectivity index (χ2v) is 6.64. The third-order valence-corrected chi connectivity index (χ3v) is 4.53. The first-order chi connectivity index (χ1) is 9.21.